The van der Waals surface area contributed by atoms with Crippen molar-refractivity contribution in [2.24, 2.45) is 0 Å². The lowest BCUT2D eigenvalue weighted by Gasteiger charge is -2.16. The molecule has 0 fully saturated rings. The molecule has 0 saturated heterocycles. The number of hydrogen-bond acceptors (Lipinski definition) is 0. The van der Waals surface area contributed by atoms with Crippen molar-refractivity contribution < 1.29 is 4.39 Å². The molecule has 2 aromatic rings. The largest absolute Gasteiger partial charge is 0.206 e. The maximum Gasteiger partial charge on any atom is 0.129 e. The van der Waals surface area contributed by atoms with Gasteiger partial charge in [-0.25, -0.2) is 4.39 Å². The molecule has 0 aliphatic heterocycles. The first-order valence-electron chi connectivity index (χ1n) is 7.72. The van der Waals surface area contributed by atoms with Gasteiger partial charge in [0.2, 0.25) is 0 Å². The predicted molar refractivity (Wildman–Crippen MR) is 89.5 cm³/mol. The molecule has 2 rings (SSSR count). The zero-order chi connectivity index (χ0) is 15.7. The summed E-state index contributed by atoms with van der Waals surface area (Å²) in [5, 5.41) is 0. The van der Waals surface area contributed by atoms with Crippen LogP contribution in [-0.4, -0.2) is 0 Å². The lowest BCUT2D eigenvalue weighted by molar-refractivity contribution is 0.590. The third-order valence-electron chi connectivity index (χ3n) is 4.14. The van der Waals surface area contributed by atoms with E-state index in [1.165, 1.54) is 16.7 Å². The van der Waals surface area contributed by atoms with E-state index >= 15 is 0 Å². The molecule has 0 N–H and O–H groups in total. The minimum atomic E-state index is -0.0635. The SMILES string of the molecule is Cc1ccc(C(C)C)cc1-c1cc(C)c(F)c(C(C)C)c1. The van der Waals surface area contributed by atoms with E-state index in [1.54, 1.807) is 0 Å². The molecule has 0 atom stereocenters. The molecule has 0 saturated carbocycles. The summed E-state index contributed by atoms with van der Waals surface area (Å²) < 4.78 is 14.3. The van der Waals surface area contributed by atoms with Crippen molar-refractivity contribution in [1.29, 1.82) is 0 Å². The van der Waals surface area contributed by atoms with Crippen molar-refractivity contribution in [3.05, 3.63) is 58.4 Å². The fourth-order valence-electron chi connectivity index (χ4n) is 2.68. The van der Waals surface area contributed by atoms with E-state index in [0.717, 1.165) is 16.7 Å². The second-order valence-corrected chi connectivity index (χ2v) is 6.58. The summed E-state index contributed by atoms with van der Waals surface area (Å²) in [5.41, 5.74) is 6.43. The van der Waals surface area contributed by atoms with Gasteiger partial charge in [-0.15, -0.1) is 0 Å². The minimum Gasteiger partial charge on any atom is -0.206 e. The fraction of sp³-hybridized carbons (Fsp3) is 0.400. The van der Waals surface area contributed by atoms with Crippen molar-refractivity contribution in [2.45, 2.75) is 53.4 Å². The Kier molecular flexibility index (Phi) is 4.51. The highest BCUT2D eigenvalue weighted by Gasteiger charge is 2.13. The van der Waals surface area contributed by atoms with Gasteiger partial charge in [-0.05, 0) is 71.2 Å². The smallest absolute Gasteiger partial charge is 0.129 e. The molecule has 112 valence electrons. The van der Waals surface area contributed by atoms with Crippen molar-refractivity contribution in [2.75, 3.05) is 0 Å². The third-order valence-corrected chi connectivity index (χ3v) is 4.14. The normalized spacial score (nSPS) is 11.5. The predicted octanol–water partition coefficient (Wildman–Crippen LogP) is 6.36. The Hall–Kier alpha value is -1.63. The van der Waals surface area contributed by atoms with Crippen LogP contribution in [0.2, 0.25) is 0 Å². The summed E-state index contributed by atoms with van der Waals surface area (Å²) in [6.07, 6.45) is 0. The van der Waals surface area contributed by atoms with Gasteiger partial charge in [0.1, 0.15) is 5.82 Å². The van der Waals surface area contributed by atoms with Gasteiger partial charge in [0.25, 0.3) is 0 Å². The van der Waals surface area contributed by atoms with E-state index in [2.05, 4.69) is 39.0 Å². The number of hydrogen-bond donors (Lipinski definition) is 0. The summed E-state index contributed by atoms with van der Waals surface area (Å²) in [5.74, 6) is 0.624. The second-order valence-electron chi connectivity index (χ2n) is 6.58. The Morgan fingerprint density at radius 2 is 1.48 bits per heavy atom. The van der Waals surface area contributed by atoms with E-state index in [0.29, 0.717) is 5.92 Å². The Labute approximate surface area is 128 Å². The van der Waals surface area contributed by atoms with Crippen molar-refractivity contribution in [1.82, 2.24) is 0 Å². The lowest BCUT2D eigenvalue weighted by atomic mass is 9.90. The van der Waals surface area contributed by atoms with Crippen molar-refractivity contribution in [3.63, 3.8) is 0 Å². The fourth-order valence-corrected chi connectivity index (χ4v) is 2.68. The molecule has 0 amide bonds. The first-order valence-corrected chi connectivity index (χ1v) is 7.72. The van der Waals surface area contributed by atoms with Crippen LogP contribution in [0.4, 0.5) is 4.39 Å². The summed E-state index contributed by atoms with van der Waals surface area (Å²) in [4.78, 5) is 0. The van der Waals surface area contributed by atoms with Crippen LogP contribution in [0, 0.1) is 19.7 Å². The molecule has 0 heterocycles. The molecule has 0 bridgehead atoms. The molecule has 0 radical (unpaired) electrons. The molecule has 1 heteroatoms. The molecule has 0 aliphatic rings. The highest BCUT2D eigenvalue weighted by molar-refractivity contribution is 5.70. The Morgan fingerprint density at radius 3 is 2.05 bits per heavy atom. The quantitative estimate of drug-likeness (QED) is 0.615. The highest BCUT2D eigenvalue weighted by atomic mass is 19.1. The zero-order valence-electron chi connectivity index (χ0n) is 13.9. The molecular weight excluding hydrogens is 259 g/mol. The lowest BCUT2D eigenvalue weighted by Crippen LogP contribution is -1.98. The van der Waals surface area contributed by atoms with Crippen LogP contribution < -0.4 is 0 Å². The topological polar surface area (TPSA) is 0 Å². The standard InChI is InChI=1S/C20H25F/c1-12(2)16-8-7-14(5)19(10-16)17-9-15(6)20(21)18(11-17)13(3)4/h7-13H,1-6H3. The van der Waals surface area contributed by atoms with Gasteiger partial charge >= 0.3 is 0 Å². The van der Waals surface area contributed by atoms with Crippen LogP contribution >= 0.6 is 0 Å². The van der Waals surface area contributed by atoms with Crippen molar-refractivity contribution in [3.8, 4) is 11.1 Å². The second kappa shape index (κ2) is 6.01. The van der Waals surface area contributed by atoms with Crippen LogP contribution in [0.25, 0.3) is 11.1 Å². The maximum absolute atomic E-state index is 14.3. The Balaban J connectivity index is 2.64. The average Bonchev–Trinajstić information content (AvgIpc) is 2.41. The van der Waals surface area contributed by atoms with Crippen LogP contribution in [0.15, 0.2) is 30.3 Å². The van der Waals surface area contributed by atoms with E-state index in [1.807, 2.05) is 32.9 Å². The van der Waals surface area contributed by atoms with Crippen molar-refractivity contribution >= 4 is 0 Å². The van der Waals surface area contributed by atoms with Gasteiger partial charge in [0, 0.05) is 0 Å². The van der Waals surface area contributed by atoms with Crippen LogP contribution in [0.3, 0.4) is 0 Å². The van der Waals surface area contributed by atoms with Gasteiger partial charge < -0.3 is 0 Å². The molecular formula is C20H25F. The van der Waals surface area contributed by atoms with E-state index in [9.17, 15) is 4.39 Å². The Bertz CT molecular complexity index is 651. The number of aryl methyl sites for hydroxylation is 2. The van der Waals surface area contributed by atoms with E-state index in [4.69, 9.17) is 0 Å². The van der Waals surface area contributed by atoms with E-state index in [-0.39, 0.29) is 11.7 Å². The van der Waals surface area contributed by atoms with E-state index < -0.39 is 0 Å². The third kappa shape index (κ3) is 3.18. The summed E-state index contributed by atoms with van der Waals surface area (Å²) >= 11 is 0. The molecule has 2 aromatic carbocycles. The molecule has 0 aromatic heterocycles. The summed E-state index contributed by atoms with van der Waals surface area (Å²) in [7, 11) is 0. The van der Waals surface area contributed by atoms with Gasteiger partial charge in [-0.1, -0.05) is 45.9 Å². The first-order chi connectivity index (χ1) is 9.81. The van der Waals surface area contributed by atoms with Crippen LogP contribution in [0.5, 0.6) is 0 Å². The van der Waals surface area contributed by atoms with Crippen LogP contribution in [0.1, 0.15) is 61.8 Å². The minimum absolute atomic E-state index is 0.0635. The van der Waals surface area contributed by atoms with Gasteiger partial charge in [-0.2, -0.15) is 0 Å². The maximum atomic E-state index is 14.3. The highest BCUT2D eigenvalue weighted by Crippen LogP contribution is 2.32. The van der Waals surface area contributed by atoms with Crippen LogP contribution in [-0.2, 0) is 0 Å². The van der Waals surface area contributed by atoms with Gasteiger partial charge in [0.15, 0.2) is 0 Å². The number of benzene rings is 2. The average molecular weight is 284 g/mol. The first kappa shape index (κ1) is 15.8. The molecule has 0 unspecified atom stereocenters. The monoisotopic (exact) mass is 284 g/mol. The number of rotatable bonds is 3. The summed E-state index contributed by atoms with van der Waals surface area (Å²) in [6.45, 7) is 12.4. The number of halogens is 1. The molecule has 0 nitrogen and oxygen atoms in total. The molecule has 0 spiro atoms. The zero-order valence-corrected chi connectivity index (χ0v) is 13.9. The van der Waals surface area contributed by atoms with Gasteiger partial charge in [0.05, 0.1) is 0 Å². The summed E-state index contributed by atoms with van der Waals surface area (Å²) in [6, 6.07) is 10.6. The van der Waals surface area contributed by atoms with Gasteiger partial charge in [-0.3, -0.25) is 0 Å². The Morgan fingerprint density at radius 1 is 0.810 bits per heavy atom. The molecule has 0 aliphatic carbocycles. The molecule has 21 heavy (non-hydrogen) atoms.